The maximum absolute atomic E-state index is 6.26. The summed E-state index contributed by atoms with van der Waals surface area (Å²) in [5, 5.41) is 0. The molecule has 0 amide bonds. The normalized spacial score (nSPS) is 19.6. The number of ether oxygens (including phenoxy) is 1. The topological polar surface area (TPSA) is 27.7 Å². The molecule has 1 heterocycles. The first-order chi connectivity index (χ1) is 11.4. The highest BCUT2D eigenvalue weighted by atomic mass is 17.3. The zero-order valence-corrected chi connectivity index (χ0v) is 12.5. The summed E-state index contributed by atoms with van der Waals surface area (Å²) in [5.41, 5.74) is 2.70. The van der Waals surface area contributed by atoms with Crippen LogP contribution in [0.4, 0.5) is 0 Å². The third-order valence-electron chi connectivity index (χ3n) is 3.91. The molecule has 0 aliphatic carbocycles. The lowest BCUT2D eigenvalue weighted by atomic mass is 9.97. The van der Waals surface area contributed by atoms with Gasteiger partial charge in [0.2, 0.25) is 6.29 Å². The van der Waals surface area contributed by atoms with Crippen molar-refractivity contribution in [2.75, 3.05) is 0 Å². The molecular formula is C20H16O3. The standard InChI is InChI=1S/C20H16O3/c1-4-10-16(11-5-1)19-21-20(23-22-19,17-12-6-2-7-13-17)18-14-8-3-9-15-18/h1-15,19H. The summed E-state index contributed by atoms with van der Waals surface area (Å²) in [7, 11) is 0. The van der Waals surface area contributed by atoms with Crippen LogP contribution in [0.5, 0.6) is 0 Å². The molecule has 1 atom stereocenters. The maximum Gasteiger partial charge on any atom is 0.256 e. The van der Waals surface area contributed by atoms with Gasteiger partial charge in [-0.3, -0.25) is 0 Å². The summed E-state index contributed by atoms with van der Waals surface area (Å²) in [6.07, 6.45) is -0.573. The lowest BCUT2D eigenvalue weighted by Crippen LogP contribution is -2.28. The quantitative estimate of drug-likeness (QED) is 0.664. The van der Waals surface area contributed by atoms with E-state index in [2.05, 4.69) is 0 Å². The highest BCUT2D eigenvalue weighted by Gasteiger charge is 2.47. The molecule has 23 heavy (non-hydrogen) atoms. The van der Waals surface area contributed by atoms with E-state index in [9.17, 15) is 0 Å². The van der Waals surface area contributed by atoms with E-state index in [4.69, 9.17) is 14.5 Å². The second-order valence-electron chi connectivity index (χ2n) is 5.39. The monoisotopic (exact) mass is 304 g/mol. The molecule has 1 saturated heterocycles. The van der Waals surface area contributed by atoms with Gasteiger partial charge in [-0.2, -0.15) is 9.78 Å². The Morgan fingerprint density at radius 2 is 1.09 bits per heavy atom. The molecular weight excluding hydrogens is 288 g/mol. The summed E-state index contributed by atoms with van der Waals surface area (Å²) in [6, 6.07) is 29.5. The Hall–Kier alpha value is -2.46. The van der Waals surface area contributed by atoms with E-state index in [-0.39, 0.29) is 0 Å². The molecule has 1 aliphatic heterocycles. The van der Waals surface area contributed by atoms with Crippen molar-refractivity contribution < 1.29 is 14.5 Å². The summed E-state index contributed by atoms with van der Waals surface area (Å²) >= 11 is 0. The van der Waals surface area contributed by atoms with Crippen molar-refractivity contribution in [1.82, 2.24) is 0 Å². The van der Waals surface area contributed by atoms with E-state index in [1.54, 1.807) is 0 Å². The molecule has 0 saturated carbocycles. The second kappa shape index (κ2) is 5.97. The Morgan fingerprint density at radius 3 is 1.61 bits per heavy atom. The van der Waals surface area contributed by atoms with Crippen LogP contribution in [-0.4, -0.2) is 0 Å². The first kappa shape index (κ1) is 14.2. The predicted octanol–water partition coefficient (Wildman–Crippen LogP) is 4.56. The Kier molecular flexibility index (Phi) is 3.67. The lowest BCUT2D eigenvalue weighted by molar-refractivity contribution is -0.325. The average Bonchev–Trinajstić information content (AvgIpc) is 3.11. The van der Waals surface area contributed by atoms with E-state index in [1.807, 2.05) is 91.0 Å². The van der Waals surface area contributed by atoms with Crippen LogP contribution in [0, 0.1) is 0 Å². The Balaban J connectivity index is 1.77. The van der Waals surface area contributed by atoms with Crippen LogP contribution in [0.2, 0.25) is 0 Å². The van der Waals surface area contributed by atoms with Crippen molar-refractivity contribution >= 4 is 0 Å². The molecule has 3 heteroatoms. The van der Waals surface area contributed by atoms with Gasteiger partial charge in [0.05, 0.1) is 0 Å². The van der Waals surface area contributed by atoms with Gasteiger partial charge in [-0.15, -0.1) is 0 Å². The van der Waals surface area contributed by atoms with Crippen LogP contribution >= 0.6 is 0 Å². The number of rotatable bonds is 3. The molecule has 0 bridgehead atoms. The number of benzene rings is 3. The van der Waals surface area contributed by atoms with Gasteiger partial charge in [-0.1, -0.05) is 91.0 Å². The highest BCUT2D eigenvalue weighted by Crippen LogP contribution is 2.45. The van der Waals surface area contributed by atoms with E-state index >= 15 is 0 Å². The summed E-state index contributed by atoms with van der Waals surface area (Å²) in [4.78, 5) is 11.3. The van der Waals surface area contributed by atoms with Gasteiger partial charge in [0.1, 0.15) is 0 Å². The van der Waals surface area contributed by atoms with Crippen LogP contribution in [0.15, 0.2) is 91.0 Å². The van der Waals surface area contributed by atoms with Gasteiger partial charge < -0.3 is 4.74 Å². The van der Waals surface area contributed by atoms with Gasteiger partial charge >= 0.3 is 0 Å². The average molecular weight is 304 g/mol. The summed E-state index contributed by atoms with van der Waals surface area (Å²) in [6.45, 7) is 0. The maximum atomic E-state index is 6.26. The minimum atomic E-state index is -1.07. The first-order valence-corrected chi connectivity index (χ1v) is 7.57. The molecule has 1 fully saturated rings. The molecule has 3 nitrogen and oxygen atoms in total. The molecule has 1 unspecified atom stereocenters. The fourth-order valence-electron chi connectivity index (χ4n) is 2.75. The third kappa shape index (κ3) is 2.55. The zero-order chi connectivity index (χ0) is 15.5. The van der Waals surface area contributed by atoms with Crippen LogP contribution in [-0.2, 0) is 20.3 Å². The molecule has 1 aliphatic rings. The predicted molar refractivity (Wildman–Crippen MR) is 86.1 cm³/mol. The fraction of sp³-hybridized carbons (Fsp3) is 0.100. The SMILES string of the molecule is c1ccc(C2OOC(c3ccccc3)(c3ccccc3)O2)cc1. The van der Waals surface area contributed by atoms with Crippen molar-refractivity contribution in [1.29, 1.82) is 0 Å². The van der Waals surface area contributed by atoms with Crippen molar-refractivity contribution in [3.63, 3.8) is 0 Å². The molecule has 3 aromatic rings. The highest BCUT2D eigenvalue weighted by molar-refractivity contribution is 5.34. The molecule has 3 aromatic carbocycles. The Morgan fingerprint density at radius 1 is 0.609 bits per heavy atom. The van der Waals surface area contributed by atoms with Crippen molar-refractivity contribution in [2.45, 2.75) is 12.1 Å². The minimum absolute atomic E-state index is 0.573. The lowest BCUT2D eigenvalue weighted by Gasteiger charge is -2.26. The number of hydrogen-bond donors (Lipinski definition) is 0. The van der Waals surface area contributed by atoms with E-state index in [1.165, 1.54) is 0 Å². The third-order valence-corrected chi connectivity index (χ3v) is 3.91. The van der Waals surface area contributed by atoms with Crippen LogP contribution in [0.1, 0.15) is 23.0 Å². The minimum Gasteiger partial charge on any atom is -0.303 e. The van der Waals surface area contributed by atoms with Gasteiger partial charge in [0.25, 0.3) is 5.79 Å². The molecule has 0 N–H and O–H groups in total. The molecule has 114 valence electrons. The molecule has 0 spiro atoms. The smallest absolute Gasteiger partial charge is 0.256 e. The first-order valence-electron chi connectivity index (χ1n) is 7.57. The van der Waals surface area contributed by atoms with Crippen LogP contribution in [0.25, 0.3) is 0 Å². The van der Waals surface area contributed by atoms with Crippen molar-refractivity contribution in [3.05, 3.63) is 108 Å². The molecule has 0 aromatic heterocycles. The fourth-order valence-corrected chi connectivity index (χ4v) is 2.75. The van der Waals surface area contributed by atoms with Gasteiger partial charge in [0, 0.05) is 16.7 Å². The second-order valence-corrected chi connectivity index (χ2v) is 5.39. The summed E-state index contributed by atoms with van der Waals surface area (Å²) < 4.78 is 6.26. The molecule has 0 radical (unpaired) electrons. The van der Waals surface area contributed by atoms with E-state index < -0.39 is 12.1 Å². The Labute approximate surface area is 135 Å². The van der Waals surface area contributed by atoms with Crippen molar-refractivity contribution in [2.24, 2.45) is 0 Å². The van der Waals surface area contributed by atoms with Crippen molar-refractivity contribution in [3.8, 4) is 0 Å². The zero-order valence-electron chi connectivity index (χ0n) is 12.5. The Bertz CT molecular complexity index is 717. The van der Waals surface area contributed by atoms with E-state index in [0.717, 1.165) is 16.7 Å². The van der Waals surface area contributed by atoms with Gasteiger partial charge in [0.15, 0.2) is 0 Å². The van der Waals surface area contributed by atoms with Gasteiger partial charge in [-0.25, -0.2) is 0 Å². The largest absolute Gasteiger partial charge is 0.303 e. The van der Waals surface area contributed by atoms with Crippen LogP contribution < -0.4 is 0 Å². The number of hydrogen-bond acceptors (Lipinski definition) is 3. The van der Waals surface area contributed by atoms with E-state index in [0.29, 0.717) is 0 Å². The van der Waals surface area contributed by atoms with Crippen LogP contribution in [0.3, 0.4) is 0 Å². The molecule has 4 rings (SSSR count). The summed E-state index contributed by atoms with van der Waals surface area (Å²) in [5.74, 6) is -1.07. The van der Waals surface area contributed by atoms with Gasteiger partial charge in [-0.05, 0) is 0 Å².